The number of amides is 1. The van der Waals surface area contributed by atoms with Crippen LogP contribution in [0.2, 0.25) is 0 Å². The number of rotatable bonds is 6. The number of methoxy groups -OCH3 is 1. The molecule has 0 spiro atoms. The standard InChI is InChI=1S/C13H20N2O3/c1-15(18-3)13(16)12(17-2)11(14)9-10-7-5-4-6-8-10/h4-8,11-12H,9,14H2,1-3H3. The Morgan fingerprint density at radius 1 is 1.33 bits per heavy atom. The number of benzene rings is 1. The van der Waals surface area contributed by atoms with Gasteiger partial charge in [-0.2, -0.15) is 0 Å². The Kier molecular flexibility index (Phi) is 5.77. The zero-order valence-corrected chi connectivity index (χ0v) is 11.0. The van der Waals surface area contributed by atoms with E-state index < -0.39 is 12.1 Å². The minimum Gasteiger partial charge on any atom is -0.370 e. The van der Waals surface area contributed by atoms with E-state index in [0.29, 0.717) is 6.42 Å². The molecule has 18 heavy (non-hydrogen) atoms. The molecule has 1 rings (SSSR count). The third-order valence-corrected chi connectivity index (χ3v) is 2.78. The molecule has 100 valence electrons. The molecule has 1 aromatic carbocycles. The van der Waals surface area contributed by atoms with Crippen molar-refractivity contribution in [1.29, 1.82) is 0 Å². The van der Waals surface area contributed by atoms with Crippen LogP contribution >= 0.6 is 0 Å². The second-order valence-corrected chi connectivity index (χ2v) is 4.03. The van der Waals surface area contributed by atoms with Gasteiger partial charge in [-0.3, -0.25) is 9.63 Å². The van der Waals surface area contributed by atoms with Crippen molar-refractivity contribution in [2.24, 2.45) is 5.73 Å². The van der Waals surface area contributed by atoms with E-state index in [2.05, 4.69) is 0 Å². The van der Waals surface area contributed by atoms with Crippen LogP contribution in [0.3, 0.4) is 0 Å². The number of hydrogen-bond donors (Lipinski definition) is 1. The minimum absolute atomic E-state index is 0.288. The van der Waals surface area contributed by atoms with Gasteiger partial charge in [0.15, 0.2) is 6.10 Å². The monoisotopic (exact) mass is 252 g/mol. The number of nitrogens with zero attached hydrogens (tertiary/aromatic N) is 1. The Morgan fingerprint density at radius 2 is 1.94 bits per heavy atom. The van der Waals surface area contributed by atoms with Crippen molar-refractivity contribution in [2.75, 3.05) is 21.3 Å². The van der Waals surface area contributed by atoms with E-state index in [9.17, 15) is 4.79 Å². The SMILES string of the molecule is COC(C(=O)N(C)OC)C(N)Cc1ccccc1. The first-order valence-corrected chi connectivity index (χ1v) is 5.74. The molecule has 0 aliphatic heterocycles. The lowest BCUT2D eigenvalue weighted by molar-refractivity contribution is -0.180. The highest BCUT2D eigenvalue weighted by Gasteiger charge is 2.28. The smallest absolute Gasteiger partial charge is 0.276 e. The Hall–Kier alpha value is -1.43. The fourth-order valence-corrected chi connectivity index (χ4v) is 1.72. The molecule has 1 amide bonds. The first kappa shape index (κ1) is 14.6. The van der Waals surface area contributed by atoms with Gasteiger partial charge in [0.25, 0.3) is 5.91 Å². The van der Waals surface area contributed by atoms with E-state index in [-0.39, 0.29) is 5.91 Å². The maximum atomic E-state index is 11.9. The van der Waals surface area contributed by atoms with Crippen LogP contribution in [-0.4, -0.2) is 44.4 Å². The first-order valence-electron chi connectivity index (χ1n) is 5.74. The average molecular weight is 252 g/mol. The molecular formula is C13H20N2O3. The average Bonchev–Trinajstić information content (AvgIpc) is 2.39. The number of nitrogens with two attached hydrogens (primary N) is 1. The van der Waals surface area contributed by atoms with Crippen LogP contribution < -0.4 is 5.73 Å². The molecule has 0 bridgehead atoms. The summed E-state index contributed by atoms with van der Waals surface area (Å²) in [6.45, 7) is 0. The third-order valence-electron chi connectivity index (χ3n) is 2.78. The lowest BCUT2D eigenvalue weighted by Gasteiger charge is -2.25. The maximum Gasteiger partial charge on any atom is 0.276 e. The van der Waals surface area contributed by atoms with Gasteiger partial charge in [0.05, 0.1) is 7.11 Å². The second kappa shape index (κ2) is 7.10. The second-order valence-electron chi connectivity index (χ2n) is 4.03. The minimum atomic E-state index is -0.713. The van der Waals surface area contributed by atoms with Gasteiger partial charge < -0.3 is 10.5 Å². The maximum absolute atomic E-state index is 11.9. The van der Waals surface area contributed by atoms with Crippen molar-refractivity contribution in [3.63, 3.8) is 0 Å². The molecule has 0 saturated carbocycles. The largest absolute Gasteiger partial charge is 0.370 e. The lowest BCUT2D eigenvalue weighted by Crippen LogP contribution is -2.48. The summed E-state index contributed by atoms with van der Waals surface area (Å²) < 4.78 is 5.17. The van der Waals surface area contributed by atoms with E-state index in [4.69, 9.17) is 15.3 Å². The topological polar surface area (TPSA) is 64.8 Å². The van der Waals surface area contributed by atoms with Crippen molar-refractivity contribution in [3.8, 4) is 0 Å². The lowest BCUT2D eigenvalue weighted by atomic mass is 10.0. The molecule has 0 aromatic heterocycles. The molecule has 2 N–H and O–H groups in total. The van der Waals surface area contributed by atoms with Crippen LogP contribution in [0.5, 0.6) is 0 Å². The highest BCUT2D eigenvalue weighted by atomic mass is 16.7. The summed E-state index contributed by atoms with van der Waals surface area (Å²) in [5.74, 6) is -0.288. The van der Waals surface area contributed by atoms with Gasteiger partial charge in [-0.1, -0.05) is 30.3 Å². The van der Waals surface area contributed by atoms with Crippen LogP contribution in [-0.2, 0) is 20.8 Å². The summed E-state index contributed by atoms with van der Waals surface area (Å²) in [5, 5.41) is 1.12. The highest BCUT2D eigenvalue weighted by molar-refractivity contribution is 5.80. The van der Waals surface area contributed by atoms with Gasteiger partial charge in [-0.15, -0.1) is 0 Å². The molecular weight excluding hydrogens is 232 g/mol. The van der Waals surface area contributed by atoms with Crippen molar-refractivity contribution in [3.05, 3.63) is 35.9 Å². The predicted molar refractivity (Wildman–Crippen MR) is 68.7 cm³/mol. The fraction of sp³-hybridized carbons (Fsp3) is 0.462. The van der Waals surface area contributed by atoms with Gasteiger partial charge in [0.2, 0.25) is 0 Å². The number of ether oxygens (including phenoxy) is 1. The van der Waals surface area contributed by atoms with Gasteiger partial charge >= 0.3 is 0 Å². The normalized spacial score (nSPS) is 14.0. The molecule has 1 aromatic rings. The van der Waals surface area contributed by atoms with E-state index >= 15 is 0 Å². The van der Waals surface area contributed by atoms with Gasteiger partial charge in [-0.25, -0.2) is 5.06 Å². The number of carbonyl (C=O) groups excluding carboxylic acids is 1. The molecule has 0 heterocycles. The molecule has 5 nitrogen and oxygen atoms in total. The fourth-order valence-electron chi connectivity index (χ4n) is 1.72. The number of hydrogen-bond acceptors (Lipinski definition) is 4. The van der Waals surface area contributed by atoms with E-state index in [1.54, 1.807) is 0 Å². The van der Waals surface area contributed by atoms with Crippen LogP contribution in [0.15, 0.2) is 30.3 Å². The zero-order chi connectivity index (χ0) is 13.5. The number of carbonyl (C=O) groups is 1. The summed E-state index contributed by atoms with van der Waals surface area (Å²) in [6.07, 6.45) is -0.141. The highest BCUT2D eigenvalue weighted by Crippen LogP contribution is 2.08. The molecule has 0 saturated heterocycles. The van der Waals surface area contributed by atoms with E-state index in [1.807, 2.05) is 30.3 Å². The van der Waals surface area contributed by atoms with Crippen molar-refractivity contribution >= 4 is 5.91 Å². The van der Waals surface area contributed by atoms with Crippen molar-refractivity contribution in [1.82, 2.24) is 5.06 Å². The van der Waals surface area contributed by atoms with Gasteiger partial charge in [0.1, 0.15) is 0 Å². The van der Waals surface area contributed by atoms with Crippen LogP contribution in [0, 0.1) is 0 Å². The molecule has 0 aliphatic rings. The third kappa shape index (κ3) is 3.80. The van der Waals surface area contributed by atoms with Crippen LogP contribution in [0.1, 0.15) is 5.56 Å². The zero-order valence-electron chi connectivity index (χ0n) is 11.0. The summed E-state index contributed by atoms with van der Waals surface area (Å²) in [7, 11) is 4.42. The number of hydroxylamine groups is 2. The molecule has 2 unspecified atom stereocenters. The predicted octanol–water partition coefficient (Wildman–Crippen LogP) is 0.591. The number of likely N-dealkylation sites (N-methyl/N-ethyl adjacent to an activating group) is 1. The molecule has 2 atom stereocenters. The summed E-state index contributed by atoms with van der Waals surface area (Å²) >= 11 is 0. The first-order chi connectivity index (χ1) is 8.60. The quantitative estimate of drug-likeness (QED) is 0.753. The van der Waals surface area contributed by atoms with Crippen LogP contribution in [0.4, 0.5) is 0 Å². The Bertz CT molecular complexity index is 370. The summed E-state index contributed by atoms with van der Waals surface area (Å²) in [4.78, 5) is 16.8. The van der Waals surface area contributed by atoms with E-state index in [0.717, 1.165) is 10.6 Å². The summed E-state index contributed by atoms with van der Waals surface area (Å²) in [5.41, 5.74) is 7.10. The van der Waals surface area contributed by atoms with Crippen molar-refractivity contribution in [2.45, 2.75) is 18.6 Å². The Morgan fingerprint density at radius 3 is 2.44 bits per heavy atom. The molecule has 0 aliphatic carbocycles. The molecule has 0 radical (unpaired) electrons. The van der Waals surface area contributed by atoms with Gasteiger partial charge in [-0.05, 0) is 12.0 Å². The molecule has 5 heteroatoms. The van der Waals surface area contributed by atoms with Crippen molar-refractivity contribution < 1.29 is 14.4 Å². The Balaban J connectivity index is 2.68. The van der Waals surface area contributed by atoms with E-state index in [1.165, 1.54) is 21.3 Å². The Labute approximate surface area is 107 Å². The summed E-state index contributed by atoms with van der Waals surface area (Å²) in [6, 6.07) is 9.34. The van der Waals surface area contributed by atoms with Gasteiger partial charge in [0, 0.05) is 20.2 Å². The molecule has 0 fully saturated rings. The van der Waals surface area contributed by atoms with Crippen LogP contribution in [0.25, 0.3) is 0 Å².